The van der Waals surface area contributed by atoms with Crippen LogP contribution in [-0.4, -0.2) is 25.2 Å². The summed E-state index contributed by atoms with van der Waals surface area (Å²) in [5.41, 5.74) is 3.92. The molecule has 0 saturated carbocycles. The molecule has 0 amide bonds. The van der Waals surface area contributed by atoms with Crippen molar-refractivity contribution in [2.45, 2.75) is 6.61 Å². The third kappa shape index (κ3) is 3.93. The first-order chi connectivity index (χ1) is 10.2. The number of carbonyl (C=O) groups excluding carboxylic acids is 1. The minimum absolute atomic E-state index is 0.247. The maximum absolute atomic E-state index is 11.7. The third-order valence-corrected chi connectivity index (χ3v) is 2.73. The molecule has 0 atom stereocenters. The van der Waals surface area contributed by atoms with E-state index in [4.69, 9.17) is 14.3 Å². The van der Waals surface area contributed by atoms with Crippen molar-refractivity contribution < 1.29 is 19.1 Å². The average molecular weight is 288 g/mol. The van der Waals surface area contributed by atoms with E-state index < -0.39 is 5.97 Å². The van der Waals surface area contributed by atoms with Crippen molar-refractivity contribution in [2.75, 3.05) is 19.7 Å². The molecule has 2 rings (SSSR count). The van der Waals surface area contributed by atoms with Crippen molar-refractivity contribution in [1.29, 1.82) is 0 Å². The summed E-state index contributed by atoms with van der Waals surface area (Å²) in [5.74, 6) is 0.113. The molecule has 1 heterocycles. The van der Waals surface area contributed by atoms with Crippen LogP contribution < -0.4 is 10.2 Å². The normalized spacial score (nSPS) is 10.0. The highest BCUT2D eigenvalue weighted by Gasteiger charge is 2.14. The summed E-state index contributed by atoms with van der Waals surface area (Å²) in [4.78, 5) is 21.2. The highest BCUT2D eigenvalue weighted by molar-refractivity contribution is 5.94. The van der Waals surface area contributed by atoms with Crippen molar-refractivity contribution in [3.05, 3.63) is 53.6 Å². The molecule has 6 heteroatoms. The molecule has 0 aliphatic heterocycles. The van der Waals surface area contributed by atoms with Crippen molar-refractivity contribution in [3.63, 3.8) is 0 Å². The number of benzene rings is 1. The van der Waals surface area contributed by atoms with E-state index in [0.717, 1.165) is 5.56 Å². The van der Waals surface area contributed by atoms with Crippen LogP contribution >= 0.6 is 0 Å². The lowest BCUT2D eigenvalue weighted by molar-refractivity contribution is 0.0599. The second kappa shape index (κ2) is 7.25. The zero-order valence-electron chi connectivity index (χ0n) is 11.8. The van der Waals surface area contributed by atoms with E-state index in [0.29, 0.717) is 12.5 Å². The zero-order chi connectivity index (χ0) is 15.1. The van der Waals surface area contributed by atoms with E-state index in [1.165, 1.54) is 14.2 Å². The summed E-state index contributed by atoms with van der Waals surface area (Å²) in [7, 11) is 2.80. The number of rotatable bonds is 6. The minimum atomic E-state index is -0.504. The number of methoxy groups -OCH3 is 2. The number of hydrogen-bond donors (Lipinski definition) is 1. The Balaban J connectivity index is 2.08. The van der Waals surface area contributed by atoms with Gasteiger partial charge in [0.05, 0.1) is 20.8 Å². The zero-order valence-corrected chi connectivity index (χ0v) is 11.8. The van der Waals surface area contributed by atoms with Gasteiger partial charge in [-0.3, -0.25) is 4.84 Å². The lowest BCUT2D eigenvalue weighted by atomic mass is 10.2. The smallest absolute Gasteiger partial charge is 0.341 e. The van der Waals surface area contributed by atoms with E-state index in [1.54, 1.807) is 12.1 Å². The average Bonchev–Trinajstić information content (AvgIpc) is 2.55. The molecule has 0 aliphatic rings. The van der Waals surface area contributed by atoms with Gasteiger partial charge in [-0.05, 0) is 11.6 Å². The van der Waals surface area contributed by atoms with Gasteiger partial charge in [-0.2, -0.15) is 4.98 Å². The molecule has 1 aromatic heterocycles. The third-order valence-electron chi connectivity index (χ3n) is 2.73. The molecule has 1 aromatic carbocycles. The quantitative estimate of drug-likeness (QED) is 0.650. The first kappa shape index (κ1) is 14.8. The molecule has 1 N–H and O–H groups in total. The molecule has 0 aliphatic carbocycles. The Labute approximate surface area is 122 Å². The molecule has 110 valence electrons. The molecule has 21 heavy (non-hydrogen) atoms. The largest absolute Gasteiger partial charge is 0.481 e. The molecule has 0 fully saturated rings. The Kier molecular flexibility index (Phi) is 5.11. The van der Waals surface area contributed by atoms with Crippen molar-refractivity contribution >= 4 is 11.8 Å². The SMILES string of the molecule is COC(=O)c1ccc(OC)nc1NOCc1ccccc1. The molecular weight excluding hydrogens is 272 g/mol. The molecule has 0 saturated heterocycles. The van der Waals surface area contributed by atoms with Gasteiger partial charge in [-0.15, -0.1) is 0 Å². The van der Waals surface area contributed by atoms with E-state index in [1.807, 2.05) is 30.3 Å². The number of carbonyl (C=O) groups is 1. The van der Waals surface area contributed by atoms with E-state index in [9.17, 15) is 4.79 Å². The van der Waals surface area contributed by atoms with E-state index in [2.05, 4.69) is 10.5 Å². The molecule has 0 bridgehead atoms. The summed E-state index contributed by atoms with van der Waals surface area (Å²) in [6.07, 6.45) is 0. The van der Waals surface area contributed by atoms with Gasteiger partial charge in [0.1, 0.15) is 5.56 Å². The van der Waals surface area contributed by atoms with Crippen LogP contribution in [0.1, 0.15) is 15.9 Å². The maximum atomic E-state index is 11.7. The van der Waals surface area contributed by atoms with Crippen LogP contribution in [-0.2, 0) is 16.2 Å². The molecule has 0 unspecified atom stereocenters. The summed E-state index contributed by atoms with van der Waals surface area (Å²) in [6, 6.07) is 12.8. The fraction of sp³-hybridized carbons (Fsp3) is 0.200. The summed E-state index contributed by atoms with van der Waals surface area (Å²) in [5, 5.41) is 0. The minimum Gasteiger partial charge on any atom is -0.481 e. The highest BCUT2D eigenvalue weighted by Crippen LogP contribution is 2.19. The number of aromatic nitrogens is 1. The lowest BCUT2D eigenvalue weighted by Crippen LogP contribution is -2.11. The number of esters is 1. The van der Waals surface area contributed by atoms with Crippen LogP contribution in [0.3, 0.4) is 0 Å². The number of nitrogens with zero attached hydrogens (tertiary/aromatic N) is 1. The van der Waals surface area contributed by atoms with E-state index in [-0.39, 0.29) is 11.4 Å². The second-order valence-corrected chi connectivity index (χ2v) is 4.12. The topological polar surface area (TPSA) is 69.7 Å². The fourth-order valence-corrected chi connectivity index (χ4v) is 1.67. The van der Waals surface area contributed by atoms with Gasteiger partial charge < -0.3 is 9.47 Å². The van der Waals surface area contributed by atoms with Gasteiger partial charge >= 0.3 is 5.97 Å². The van der Waals surface area contributed by atoms with Crippen LogP contribution in [0.5, 0.6) is 5.88 Å². The summed E-state index contributed by atoms with van der Waals surface area (Å²) < 4.78 is 9.73. The molecule has 2 aromatic rings. The van der Waals surface area contributed by atoms with Crippen LogP contribution in [0.15, 0.2) is 42.5 Å². The van der Waals surface area contributed by atoms with Crippen LogP contribution in [0.2, 0.25) is 0 Å². The van der Waals surface area contributed by atoms with Crippen molar-refractivity contribution in [2.24, 2.45) is 0 Å². The molecule has 6 nitrogen and oxygen atoms in total. The summed E-state index contributed by atoms with van der Waals surface area (Å²) in [6.45, 7) is 0.334. The van der Waals surface area contributed by atoms with Crippen molar-refractivity contribution in [1.82, 2.24) is 4.98 Å². The van der Waals surface area contributed by atoms with Gasteiger partial charge in [0, 0.05) is 6.07 Å². The maximum Gasteiger partial charge on any atom is 0.341 e. The second-order valence-electron chi connectivity index (χ2n) is 4.12. The van der Waals surface area contributed by atoms with Crippen molar-refractivity contribution in [3.8, 4) is 5.88 Å². The Morgan fingerprint density at radius 1 is 1.14 bits per heavy atom. The molecule has 0 spiro atoms. The van der Waals surface area contributed by atoms with Gasteiger partial charge in [0.2, 0.25) is 5.88 Å². The lowest BCUT2D eigenvalue weighted by Gasteiger charge is -2.11. The van der Waals surface area contributed by atoms with E-state index >= 15 is 0 Å². The Bertz CT molecular complexity index is 602. The van der Waals surface area contributed by atoms with Gasteiger partial charge in [-0.1, -0.05) is 30.3 Å². The number of anilines is 1. The van der Waals surface area contributed by atoms with Gasteiger partial charge in [0.25, 0.3) is 0 Å². The van der Waals surface area contributed by atoms with Crippen LogP contribution in [0, 0.1) is 0 Å². The Morgan fingerprint density at radius 2 is 1.90 bits per heavy atom. The van der Waals surface area contributed by atoms with Gasteiger partial charge in [0.15, 0.2) is 5.82 Å². The van der Waals surface area contributed by atoms with Crippen LogP contribution in [0.4, 0.5) is 5.82 Å². The first-order valence-corrected chi connectivity index (χ1v) is 6.29. The fourth-order valence-electron chi connectivity index (χ4n) is 1.67. The first-order valence-electron chi connectivity index (χ1n) is 6.29. The Morgan fingerprint density at radius 3 is 2.57 bits per heavy atom. The van der Waals surface area contributed by atoms with Crippen LogP contribution in [0.25, 0.3) is 0 Å². The van der Waals surface area contributed by atoms with Gasteiger partial charge in [-0.25, -0.2) is 10.3 Å². The number of ether oxygens (including phenoxy) is 2. The molecular formula is C15H16N2O4. The predicted molar refractivity (Wildman–Crippen MR) is 77.0 cm³/mol. The monoisotopic (exact) mass is 288 g/mol. The molecule has 0 radical (unpaired) electrons. The number of pyridine rings is 1. The number of hydrogen-bond acceptors (Lipinski definition) is 6. The predicted octanol–water partition coefficient (Wildman–Crippen LogP) is 2.42. The summed E-state index contributed by atoms with van der Waals surface area (Å²) >= 11 is 0. The Hall–Kier alpha value is -2.60. The highest BCUT2D eigenvalue weighted by atomic mass is 16.6. The number of nitrogens with one attached hydrogen (secondary N) is 1. The standard InChI is InChI=1S/C15H16N2O4/c1-19-13-9-8-12(15(18)20-2)14(16-13)17-21-10-11-6-4-3-5-7-11/h3-9H,10H2,1-2H3,(H,16,17).